The Morgan fingerprint density at radius 2 is 1.93 bits per heavy atom. The molecule has 1 aromatic heterocycles. The molecule has 138 valence electrons. The molecule has 8 nitrogen and oxygen atoms in total. The number of ether oxygens (including phenoxy) is 1. The number of amides is 1. The molecule has 0 fully saturated rings. The molecule has 0 atom stereocenters. The summed E-state index contributed by atoms with van der Waals surface area (Å²) in [5.41, 5.74) is 2.86. The number of primary sulfonamides is 1. The van der Waals surface area contributed by atoms with Gasteiger partial charge in [0.25, 0.3) is 5.91 Å². The van der Waals surface area contributed by atoms with Gasteiger partial charge in [-0.1, -0.05) is 16.8 Å². The van der Waals surface area contributed by atoms with Crippen LogP contribution in [0.5, 0.6) is 5.75 Å². The fourth-order valence-electron chi connectivity index (χ4n) is 2.85. The van der Waals surface area contributed by atoms with Gasteiger partial charge in [-0.15, -0.1) is 0 Å². The van der Waals surface area contributed by atoms with E-state index in [-0.39, 0.29) is 17.2 Å². The Morgan fingerprint density at radius 1 is 1.19 bits per heavy atom. The van der Waals surface area contributed by atoms with E-state index in [1.807, 2.05) is 25.1 Å². The molecule has 1 aliphatic rings. The van der Waals surface area contributed by atoms with Crippen molar-refractivity contribution in [1.29, 1.82) is 0 Å². The van der Waals surface area contributed by atoms with E-state index in [0.29, 0.717) is 22.8 Å². The lowest BCUT2D eigenvalue weighted by atomic mass is 10.0. The van der Waals surface area contributed by atoms with Crippen LogP contribution in [0, 0.1) is 6.92 Å². The molecule has 0 saturated heterocycles. The summed E-state index contributed by atoms with van der Waals surface area (Å²) in [4.78, 5) is 12.5. The second kappa shape index (κ2) is 6.22. The lowest BCUT2D eigenvalue weighted by Gasteiger charge is -2.16. The average Bonchev–Trinajstić information content (AvgIpc) is 3.06. The second-order valence-corrected chi connectivity index (χ2v) is 7.71. The Morgan fingerprint density at radius 3 is 2.63 bits per heavy atom. The van der Waals surface area contributed by atoms with Crippen molar-refractivity contribution in [3.63, 3.8) is 0 Å². The first-order chi connectivity index (χ1) is 12.8. The molecule has 3 aromatic rings. The van der Waals surface area contributed by atoms with Crippen LogP contribution in [-0.2, 0) is 16.6 Å². The number of nitrogens with two attached hydrogens (primary N) is 1. The first-order valence-electron chi connectivity index (χ1n) is 7.99. The molecule has 27 heavy (non-hydrogen) atoms. The van der Waals surface area contributed by atoms with Gasteiger partial charge < -0.3 is 14.6 Å². The van der Waals surface area contributed by atoms with Crippen molar-refractivity contribution in [2.75, 3.05) is 5.32 Å². The monoisotopic (exact) mass is 385 g/mol. The number of hydrogen-bond donors (Lipinski definition) is 2. The highest BCUT2D eigenvalue weighted by Gasteiger charge is 2.29. The van der Waals surface area contributed by atoms with Crippen LogP contribution in [0.2, 0.25) is 0 Å². The van der Waals surface area contributed by atoms with Crippen LogP contribution in [0.25, 0.3) is 11.3 Å². The van der Waals surface area contributed by atoms with Gasteiger partial charge in [-0.2, -0.15) is 0 Å². The largest absolute Gasteiger partial charge is 0.488 e. The number of hydrogen-bond acceptors (Lipinski definition) is 6. The maximum absolute atomic E-state index is 12.6. The smallest absolute Gasteiger partial charge is 0.278 e. The number of carbonyl (C=O) groups is 1. The highest BCUT2D eigenvalue weighted by Crippen LogP contribution is 2.39. The zero-order valence-electron chi connectivity index (χ0n) is 14.2. The Kier molecular flexibility index (Phi) is 3.97. The number of aryl methyl sites for hydroxylation is 1. The molecule has 0 aliphatic carbocycles. The summed E-state index contributed by atoms with van der Waals surface area (Å²) < 4.78 is 33.7. The van der Waals surface area contributed by atoms with Gasteiger partial charge in [0, 0.05) is 5.69 Å². The minimum atomic E-state index is -3.79. The molecule has 0 spiro atoms. The SMILES string of the molecule is Cc1ccc2c(c1)-c1onc(C(=O)Nc3ccc(S(N)(=O)=O)cc3)c1CO2. The molecule has 0 saturated carbocycles. The fraction of sp³-hybridized carbons (Fsp3) is 0.111. The van der Waals surface area contributed by atoms with Gasteiger partial charge in [0.2, 0.25) is 10.0 Å². The standard InChI is InChI=1S/C18H15N3O5S/c1-10-2-7-15-13(8-10)17-14(9-25-15)16(21-26-17)18(22)20-11-3-5-12(6-4-11)27(19,23)24/h2-8H,9H2,1H3,(H,20,22)(H2,19,23,24). The van der Waals surface area contributed by atoms with Gasteiger partial charge in [0.05, 0.1) is 16.0 Å². The molecule has 0 unspecified atom stereocenters. The van der Waals surface area contributed by atoms with E-state index < -0.39 is 15.9 Å². The summed E-state index contributed by atoms with van der Waals surface area (Å²) >= 11 is 0. The van der Waals surface area contributed by atoms with Crippen LogP contribution in [0.1, 0.15) is 21.6 Å². The number of sulfonamides is 1. The number of fused-ring (bicyclic) bond motifs is 3. The van der Waals surface area contributed by atoms with Crippen molar-refractivity contribution < 1.29 is 22.5 Å². The van der Waals surface area contributed by atoms with Gasteiger partial charge in [-0.25, -0.2) is 13.6 Å². The van der Waals surface area contributed by atoms with Crippen LogP contribution in [0.15, 0.2) is 51.9 Å². The van der Waals surface area contributed by atoms with E-state index >= 15 is 0 Å². The number of nitrogens with one attached hydrogen (secondary N) is 1. The summed E-state index contributed by atoms with van der Waals surface area (Å²) in [7, 11) is -3.79. The maximum atomic E-state index is 12.6. The van der Waals surface area contributed by atoms with Crippen LogP contribution >= 0.6 is 0 Å². The number of nitrogens with zero attached hydrogens (tertiary/aromatic N) is 1. The van der Waals surface area contributed by atoms with Crippen LogP contribution < -0.4 is 15.2 Å². The summed E-state index contributed by atoms with van der Waals surface area (Å²) in [5, 5.41) is 11.6. The zero-order chi connectivity index (χ0) is 19.2. The third-order valence-electron chi connectivity index (χ3n) is 4.20. The maximum Gasteiger partial charge on any atom is 0.278 e. The first kappa shape index (κ1) is 17.3. The molecular formula is C18H15N3O5S. The van der Waals surface area contributed by atoms with Crippen molar-refractivity contribution in [2.24, 2.45) is 5.14 Å². The molecule has 4 rings (SSSR count). The van der Waals surface area contributed by atoms with Crippen molar-refractivity contribution in [3.05, 3.63) is 59.3 Å². The van der Waals surface area contributed by atoms with Crippen LogP contribution in [-0.4, -0.2) is 19.5 Å². The number of carbonyl (C=O) groups excluding carboxylic acids is 1. The minimum Gasteiger partial charge on any atom is -0.488 e. The third kappa shape index (κ3) is 3.18. The van der Waals surface area contributed by atoms with Gasteiger partial charge in [-0.3, -0.25) is 4.79 Å². The van der Waals surface area contributed by atoms with Crippen molar-refractivity contribution in [1.82, 2.24) is 5.16 Å². The topological polar surface area (TPSA) is 125 Å². The summed E-state index contributed by atoms with van der Waals surface area (Å²) in [6, 6.07) is 11.2. The summed E-state index contributed by atoms with van der Waals surface area (Å²) in [6.07, 6.45) is 0. The van der Waals surface area contributed by atoms with Crippen LogP contribution in [0.4, 0.5) is 5.69 Å². The molecule has 2 heterocycles. The lowest BCUT2D eigenvalue weighted by Crippen LogP contribution is -2.17. The molecule has 0 radical (unpaired) electrons. The second-order valence-electron chi connectivity index (χ2n) is 6.15. The highest BCUT2D eigenvalue weighted by molar-refractivity contribution is 7.89. The number of rotatable bonds is 3. The molecular weight excluding hydrogens is 370 g/mol. The van der Waals surface area contributed by atoms with Crippen LogP contribution in [0.3, 0.4) is 0 Å². The summed E-state index contributed by atoms with van der Waals surface area (Å²) in [6.45, 7) is 2.12. The van der Waals surface area contributed by atoms with Gasteiger partial charge in [-0.05, 0) is 43.3 Å². The lowest BCUT2D eigenvalue weighted by molar-refractivity contribution is 0.101. The summed E-state index contributed by atoms with van der Waals surface area (Å²) in [5.74, 6) is 0.701. The van der Waals surface area contributed by atoms with Crippen molar-refractivity contribution in [3.8, 4) is 17.1 Å². The van der Waals surface area contributed by atoms with Crippen molar-refractivity contribution >= 4 is 21.6 Å². The fourth-order valence-corrected chi connectivity index (χ4v) is 3.36. The zero-order valence-corrected chi connectivity index (χ0v) is 15.0. The molecule has 9 heteroatoms. The molecule has 1 amide bonds. The first-order valence-corrected chi connectivity index (χ1v) is 9.54. The van der Waals surface area contributed by atoms with Gasteiger partial charge >= 0.3 is 0 Å². The van der Waals surface area contributed by atoms with Gasteiger partial charge in [0.15, 0.2) is 11.5 Å². The predicted molar refractivity (Wildman–Crippen MR) is 96.8 cm³/mol. The Bertz CT molecular complexity index is 1150. The Labute approximate surface area is 155 Å². The van der Waals surface area contributed by atoms with E-state index in [2.05, 4.69) is 10.5 Å². The molecule has 1 aliphatic heterocycles. The quantitative estimate of drug-likeness (QED) is 0.713. The number of anilines is 1. The molecule has 2 aromatic carbocycles. The number of aromatic nitrogens is 1. The van der Waals surface area contributed by atoms with E-state index in [1.165, 1.54) is 24.3 Å². The minimum absolute atomic E-state index is 0.0420. The molecule has 0 bridgehead atoms. The Balaban J connectivity index is 1.61. The number of benzene rings is 2. The predicted octanol–water partition coefficient (Wildman–Crippen LogP) is 2.44. The van der Waals surface area contributed by atoms with Gasteiger partial charge in [0.1, 0.15) is 12.4 Å². The van der Waals surface area contributed by atoms with E-state index in [4.69, 9.17) is 14.4 Å². The third-order valence-corrected chi connectivity index (χ3v) is 5.12. The van der Waals surface area contributed by atoms with E-state index in [0.717, 1.165) is 11.1 Å². The van der Waals surface area contributed by atoms with E-state index in [9.17, 15) is 13.2 Å². The molecule has 3 N–H and O–H groups in total. The Hall–Kier alpha value is -3.17. The average molecular weight is 385 g/mol. The normalized spacial score (nSPS) is 12.7. The van der Waals surface area contributed by atoms with E-state index in [1.54, 1.807) is 0 Å². The highest BCUT2D eigenvalue weighted by atomic mass is 32.2. The van der Waals surface area contributed by atoms with Crippen molar-refractivity contribution in [2.45, 2.75) is 18.4 Å².